The number of sulfonamides is 1. The Bertz CT molecular complexity index is 2900. The molecule has 17 nitrogen and oxygen atoms in total. The number of piperazine rings is 1. The van der Waals surface area contributed by atoms with Gasteiger partial charge in [0, 0.05) is 80.6 Å². The van der Waals surface area contributed by atoms with Crippen molar-refractivity contribution in [3.05, 3.63) is 111 Å². The van der Waals surface area contributed by atoms with Crippen LogP contribution in [-0.4, -0.2) is 121 Å². The average molecular weight is 984 g/mol. The van der Waals surface area contributed by atoms with Crippen LogP contribution < -0.4 is 24.6 Å². The number of aromatic amines is 1. The molecule has 69 heavy (non-hydrogen) atoms. The number of hydrogen-bond acceptors (Lipinski definition) is 14. The topological polar surface area (TPSA) is 216 Å². The first kappa shape index (κ1) is 48.3. The standard InChI is InChI=1S/C50H59ClN8O9S/c1-49(2)16-14-33(39(28-49)31-6-8-34(51)9-7-31)30-56-19-21-57(22-20-56)35-10-12-38(41(25-35)58-18-5-23-67-48-43(58)24-32-15-17-52-46(32)54-48)47(62)55-69(65,66)37-11-13-40(42(27-37)59(63)64)53-29-36-26-44(60)45(61)50(3,4)68-36/h6-13,15,17,24-25,27,36,44-45,53,60-61H,5,14,16,18-23,26,28-30H2,1-4H3,(H,52,54)(H,55,62). The van der Waals surface area contributed by atoms with Crippen molar-refractivity contribution >= 4 is 72.6 Å². The van der Waals surface area contributed by atoms with E-state index in [1.165, 1.54) is 28.8 Å². The van der Waals surface area contributed by atoms with Crippen LogP contribution in [-0.2, 0) is 14.8 Å². The van der Waals surface area contributed by atoms with Crippen LogP contribution in [0.25, 0.3) is 16.6 Å². The number of carbonyl (C=O) groups is 1. The number of amides is 1. The maximum Gasteiger partial charge on any atom is 0.293 e. The summed E-state index contributed by atoms with van der Waals surface area (Å²) in [5.74, 6) is -0.556. The molecule has 0 spiro atoms. The highest BCUT2D eigenvalue weighted by molar-refractivity contribution is 7.90. The zero-order chi connectivity index (χ0) is 48.8. The van der Waals surface area contributed by atoms with Crippen molar-refractivity contribution in [3.63, 3.8) is 0 Å². The number of H-pyrrole nitrogens is 1. The van der Waals surface area contributed by atoms with Crippen molar-refractivity contribution in [3.8, 4) is 5.88 Å². The Morgan fingerprint density at radius 3 is 2.49 bits per heavy atom. The first-order chi connectivity index (χ1) is 32.8. The number of aliphatic hydroxyl groups excluding tert-OH is 2. The molecule has 19 heteroatoms. The monoisotopic (exact) mass is 982 g/mol. The fourth-order valence-corrected chi connectivity index (χ4v) is 11.1. The molecule has 0 bridgehead atoms. The van der Waals surface area contributed by atoms with Crippen LogP contribution in [0.4, 0.5) is 28.4 Å². The van der Waals surface area contributed by atoms with Crippen LogP contribution in [0.3, 0.4) is 0 Å². The summed E-state index contributed by atoms with van der Waals surface area (Å²) >= 11 is 6.27. The van der Waals surface area contributed by atoms with Gasteiger partial charge in [0.15, 0.2) is 0 Å². The lowest BCUT2D eigenvalue weighted by atomic mass is 9.72. The van der Waals surface area contributed by atoms with E-state index in [9.17, 15) is 33.5 Å². The molecule has 5 N–H and O–H groups in total. The number of nitro groups is 1. The van der Waals surface area contributed by atoms with Crippen LogP contribution >= 0.6 is 11.6 Å². The number of halogens is 1. The van der Waals surface area contributed by atoms with Gasteiger partial charge in [-0.25, -0.2) is 13.1 Å². The third kappa shape index (κ3) is 10.4. The highest BCUT2D eigenvalue weighted by Crippen LogP contribution is 2.44. The summed E-state index contributed by atoms with van der Waals surface area (Å²) in [5, 5.41) is 37.5. The second kappa shape index (κ2) is 19.2. The molecule has 4 aliphatic rings. The molecule has 2 saturated heterocycles. The Morgan fingerprint density at radius 2 is 1.75 bits per heavy atom. The van der Waals surface area contributed by atoms with Crippen LogP contribution in [0.5, 0.6) is 5.88 Å². The van der Waals surface area contributed by atoms with Crippen molar-refractivity contribution in [2.24, 2.45) is 5.41 Å². The number of nitrogens with zero attached hydrogens (tertiary/aromatic N) is 5. The van der Waals surface area contributed by atoms with Gasteiger partial charge >= 0.3 is 0 Å². The Morgan fingerprint density at radius 1 is 0.986 bits per heavy atom. The van der Waals surface area contributed by atoms with Gasteiger partial charge in [0.25, 0.3) is 21.6 Å². The van der Waals surface area contributed by atoms with Gasteiger partial charge < -0.3 is 39.8 Å². The van der Waals surface area contributed by atoms with E-state index in [2.05, 4.69) is 50.8 Å². The number of benzene rings is 3. The maximum absolute atomic E-state index is 14.4. The van der Waals surface area contributed by atoms with E-state index in [1.54, 1.807) is 26.1 Å². The lowest BCUT2D eigenvalue weighted by Gasteiger charge is -2.42. The predicted octanol–water partition coefficient (Wildman–Crippen LogP) is 7.65. The van der Waals surface area contributed by atoms with Crippen molar-refractivity contribution in [1.29, 1.82) is 0 Å². The summed E-state index contributed by atoms with van der Waals surface area (Å²) in [6.07, 6.45) is 2.82. The molecule has 366 valence electrons. The number of fused-ring (bicyclic) bond motifs is 2. The summed E-state index contributed by atoms with van der Waals surface area (Å²) in [7, 11) is -4.66. The van der Waals surface area contributed by atoms with E-state index >= 15 is 0 Å². The molecule has 0 saturated carbocycles. The molecule has 1 aliphatic carbocycles. The molecular weight excluding hydrogens is 924 g/mol. The van der Waals surface area contributed by atoms with Gasteiger partial charge in [-0.3, -0.25) is 19.8 Å². The smallest absolute Gasteiger partial charge is 0.293 e. The lowest BCUT2D eigenvalue weighted by molar-refractivity contribution is -0.384. The highest BCUT2D eigenvalue weighted by atomic mass is 35.5. The Kier molecular flexibility index (Phi) is 13.4. The summed E-state index contributed by atoms with van der Waals surface area (Å²) in [6, 6.07) is 20.7. The number of aromatic nitrogens is 2. The van der Waals surface area contributed by atoms with Gasteiger partial charge in [-0.2, -0.15) is 4.98 Å². The van der Waals surface area contributed by atoms with Gasteiger partial charge in [0.1, 0.15) is 23.1 Å². The molecule has 9 rings (SSSR count). The minimum absolute atomic E-state index is 0.0102. The van der Waals surface area contributed by atoms with Gasteiger partial charge in [0.05, 0.1) is 45.5 Å². The van der Waals surface area contributed by atoms with Gasteiger partial charge in [-0.15, -0.1) is 0 Å². The summed E-state index contributed by atoms with van der Waals surface area (Å²) < 4.78 is 42.3. The Balaban J connectivity index is 0.975. The third-order valence-electron chi connectivity index (χ3n) is 13.9. The minimum atomic E-state index is -4.66. The average Bonchev–Trinajstić information content (AvgIpc) is 3.68. The second-order valence-corrected chi connectivity index (χ2v) is 21.9. The maximum atomic E-state index is 14.4. The fourth-order valence-electron chi connectivity index (χ4n) is 10.0. The van der Waals surface area contributed by atoms with Gasteiger partial charge in [0.2, 0.25) is 5.88 Å². The number of aliphatic hydroxyl groups is 2. The molecule has 3 aliphatic heterocycles. The molecule has 3 atom stereocenters. The number of carbonyl (C=O) groups excluding carboxylic acids is 1. The van der Waals surface area contributed by atoms with Crippen LogP contribution in [0.2, 0.25) is 5.02 Å². The molecule has 1 amide bonds. The molecule has 5 heterocycles. The number of hydrogen-bond donors (Lipinski definition) is 5. The number of rotatable bonds is 12. The number of nitro benzene ring substituents is 1. The Hall–Kier alpha value is -5.76. The van der Waals surface area contributed by atoms with Crippen molar-refractivity contribution in [1.82, 2.24) is 19.6 Å². The Labute approximate surface area is 406 Å². The van der Waals surface area contributed by atoms with Gasteiger partial charge in [-0.1, -0.05) is 43.2 Å². The van der Waals surface area contributed by atoms with Crippen LogP contribution in [0.15, 0.2) is 89.5 Å². The number of anilines is 4. The highest BCUT2D eigenvalue weighted by Gasteiger charge is 2.42. The minimum Gasteiger partial charge on any atom is -0.476 e. The van der Waals surface area contributed by atoms with E-state index in [0.29, 0.717) is 42.5 Å². The number of ether oxygens (including phenoxy) is 2. The molecule has 3 aromatic carbocycles. The van der Waals surface area contributed by atoms with Crippen molar-refractivity contribution in [2.45, 2.75) is 88.6 Å². The van der Waals surface area contributed by atoms with Crippen LogP contribution in [0.1, 0.15) is 75.7 Å². The first-order valence-electron chi connectivity index (χ1n) is 23.4. The third-order valence-corrected chi connectivity index (χ3v) is 15.4. The molecule has 2 fully saturated rings. The largest absolute Gasteiger partial charge is 0.476 e. The van der Waals surface area contributed by atoms with Gasteiger partial charge in [-0.05, 0) is 111 Å². The summed E-state index contributed by atoms with van der Waals surface area (Å²) in [5.41, 5.74) is 5.33. The van der Waals surface area contributed by atoms with Crippen LogP contribution in [0, 0.1) is 15.5 Å². The van der Waals surface area contributed by atoms with E-state index < -0.39 is 55.3 Å². The number of pyridine rings is 1. The zero-order valence-corrected chi connectivity index (χ0v) is 40.8. The molecular formula is C50H59ClN8O9S. The number of allylic oxidation sites excluding steroid dienone is 1. The van der Waals surface area contributed by atoms with E-state index in [4.69, 9.17) is 26.1 Å². The van der Waals surface area contributed by atoms with Crippen molar-refractivity contribution < 1.29 is 37.8 Å². The molecule has 2 aromatic heterocycles. The SMILES string of the molecule is CC1(C)CCC(CN2CCN(c3ccc(C(=O)NS(=O)(=O)c4ccc(NCC5CC(O)C(O)C(C)(C)O5)c([N+](=O)[O-])c4)c(N4CCCOc5nc6[nH]ccc6cc54)c3)CC2)=C(c2ccc(Cl)cc2)C1. The lowest BCUT2D eigenvalue weighted by Crippen LogP contribution is -2.55. The summed E-state index contributed by atoms with van der Waals surface area (Å²) in [4.78, 5) is 40.1. The molecule has 0 radical (unpaired) electrons. The second-order valence-electron chi connectivity index (χ2n) is 19.8. The van der Waals surface area contributed by atoms with E-state index in [-0.39, 0.29) is 29.6 Å². The quantitative estimate of drug-likeness (QED) is 0.0600. The first-order valence-corrected chi connectivity index (χ1v) is 25.3. The number of nitrogens with one attached hydrogen (secondary N) is 3. The summed E-state index contributed by atoms with van der Waals surface area (Å²) in [6.45, 7) is 12.7. The van der Waals surface area contributed by atoms with E-state index in [1.807, 2.05) is 41.3 Å². The van der Waals surface area contributed by atoms with Crippen molar-refractivity contribution in [2.75, 3.05) is 67.5 Å². The molecule has 3 unspecified atom stereocenters. The normalized spacial score (nSPS) is 21.9. The zero-order valence-electron chi connectivity index (χ0n) is 39.2. The van der Waals surface area contributed by atoms with E-state index in [0.717, 1.165) is 74.1 Å². The fraction of sp³-hybridized carbons (Fsp3) is 0.440. The molecule has 5 aromatic rings. The predicted molar refractivity (Wildman–Crippen MR) is 266 cm³/mol.